The molecule has 9 heteroatoms. The summed E-state index contributed by atoms with van der Waals surface area (Å²) in [5, 5.41) is 21.7. The molecule has 3 N–H and O–H groups in total. The molecule has 0 radical (unpaired) electrons. The lowest BCUT2D eigenvalue weighted by Crippen LogP contribution is -2.52. The maximum Gasteiger partial charge on any atom is 0.191 e. The highest BCUT2D eigenvalue weighted by Gasteiger charge is 2.25. The topological polar surface area (TPSA) is 86.9 Å². The number of hydrogen-bond acceptors (Lipinski definition) is 5. The number of ether oxygens (including phenoxy) is 1. The molecule has 1 aromatic heterocycles. The van der Waals surface area contributed by atoms with Gasteiger partial charge in [0.1, 0.15) is 0 Å². The molecule has 1 atom stereocenters. The first-order valence-corrected chi connectivity index (χ1v) is 10.6. The van der Waals surface area contributed by atoms with Crippen molar-refractivity contribution in [3.05, 3.63) is 53.9 Å². The number of aliphatic imine (C=N–C) groups is 1. The molecular formula is C22H35IN6O2. The minimum absolute atomic E-state index is 0. The summed E-state index contributed by atoms with van der Waals surface area (Å²) in [7, 11) is 0. The van der Waals surface area contributed by atoms with Gasteiger partial charge in [0, 0.05) is 44.5 Å². The molecular weight excluding hydrogens is 507 g/mol. The Labute approximate surface area is 202 Å². The van der Waals surface area contributed by atoms with Crippen LogP contribution in [0.15, 0.2) is 47.7 Å². The lowest BCUT2D eigenvalue weighted by atomic mass is 10.1. The van der Waals surface area contributed by atoms with Crippen LogP contribution in [0.4, 0.5) is 0 Å². The Kier molecular flexibility index (Phi) is 10.7. The monoisotopic (exact) mass is 542 g/mol. The molecule has 1 aromatic carbocycles. The number of guanidine groups is 1. The second kappa shape index (κ2) is 13.0. The van der Waals surface area contributed by atoms with Crippen LogP contribution in [-0.4, -0.2) is 77.3 Å². The third-order valence-corrected chi connectivity index (χ3v) is 4.94. The van der Waals surface area contributed by atoms with E-state index in [0.717, 1.165) is 45.0 Å². The average molecular weight is 542 g/mol. The van der Waals surface area contributed by atoms with E-state index in [0.29, 0.717) is 25.6 Å². The maximum absolute atomic E-state index is 10.8. The summed E-state index contributed by atoms with van der Waals surface area (Å²) in [5.74, 6) is 0.690. The van der Waals surface area contributed by atoms with Gasteiger partial charge in [-0.2, -0.15) is 5.10 Å². The van der Waals surface area contributed by atoms with Crippen LogP contribution >= 0.6 is 24.0 Å². The second-order valence-electron chi connectivity index (χ2n) is 7.97. The van der Waals surface area contributed by atoms with E-state index in [2.05, 4.69) is 37.8 Å². The summed E-state index contributed by atoms with van der Waals surface area (Å²) in [6.07, 6.45) is 3.87. The van der Waals surface area contributed by atoms with Gasteiger partial charge in [0.05, 0.1) is 38.1 Å². The van der Waals surface area contributed by atoms with Gasteiger partial charge in [-0.3, -0.25) is 9.58 Å². The van der Waals surface area contributed by atoms with Gasteiger partial charge in [0.25, 0.3) is 0 Å². The fourth-order valence-corrected chi connectivity index (χ4v) is 3.43. The number of aromatic nitrogens is 2. The SMILES string of the molecule is CCNC(=NCc1cnn(Cc2ccccc2)c1)NCC(C)(O)CN1CCOCC1.I. The molecule has 0 aliphatic carbocycles. The van der Waals surface area contributed by atoms with Gasteiger partial charge < -0.3 is 20.5 Å². The second-order valence-corrected chi connectivity index (χ2v) is 7.97. The predicted molar refractivity (Wildman–Crippen MR) is 134 cm³/mol. The molecule has 1 unspecified atom stereocenters. The third-order valence-electron chi connectivity index (χ3n) is 4.94. The van der Waals surface area contributed by atoms with E-state index in [1.54, 1.807) is 0 Å². The van der Waals surface area contributed by atoms with Crippen LogP contribution in [0.1, 0.15) is 25.0 Å². The molecule has 0 spiro atoms. The molecule has 172 valence electrons. The molecule has 2 aromatic rings. The van der Waals surface area contributed by atoms with Gasteiger partial charge in [-0.05, 0) is 19.4 Å². The van der Waals surface area contributed by atoms with Gasteiger partial charge in [0.15, 0.2) is 5.96 Å². The summed E-state index contributed by atoms with van der Waals surface area (Å²) in [4.78, 5) is 6.88. The molecule has 1 aliphatic heterocycles. The minimum atomic E-state index is -0.853. The Balaban J connectivity index is 0.00000341. The third kappa shape index (κ3) is 9.14. The smallest absolute Gasteiger partial charge is 0.191 e. The number of nitrogens with zero attached hydrogens (tertiary/aromatic N) is 4. The van der Waals surface area contributed by atoms with Crippen LogP contribution in [0.2, 0.25) is 0 Å². The van der Waals surface area contributed by atoms with Gasteiger partial charge in [-0.1, -0.05) is 30.3 Å². The van der Waals surface area contributed by atoms with Crippen LogP contribution in [0.3, 0.4) is 0 Å². The van der Waals surface area contributed by atoms with Crippen molar-refractivity contribution in [3.8, 4) is 0 Å². The van der Waals surface area contributed by atoms with E-state index in [-0.39, 0.29) is 24.0 Å². The highest BCUT2D eigenvalue weighted by molar-refractivity contribution is 14.0. The summed E-state index contributed by atoms with van der Waals surface area (Å²) in [5.41, 5.74) is 1.41. The van der Waals surface area contributed by atoms with Gasteiger partial charge in [-0.15, -0.1) is 24.0 Å². The van der Waals surface area contributed by atoms with Crippen LogP contribution in [0.25, 0.3) is 0 Å². The average Bonchev–Trinajstić information content (AvgIpc) is 3.18. The fraction of sp³-hybridized carbons (Fsp3) is 0.545. The van der Waals surface area contributed by atoms with Crippen molar-refractivity contribution >= 4 is 29.9 Å². The van der Waals surface area contributed by atoms with Crippen LogP contribution in [-0.2, 0) is 17.8 Å². The van der Waals surface area contributed by atoms with E-state index in [9.17, 15) is 5.11 Å². The van der Waals surface area contributed by atoms with E-state index >= 15 is 0 Å². The van der Waals surface area contributed by atoms with Crippen LogP contribution in [0, 0.1) is 0 Å². The van der Waals surface area contributed by atoms with E-state index in [1.807, 2.05) is 49.1 Å². The zero-order valence-corrected chi connectivity index (χ0v) is 20.8. The first kappa shape index (κ1) is 25.6. The zero-order chi connectivity index (χ0) is 21.2. The molecule has 3 rings (SSSR count). The Morgan fingerprint density at radius 1 is 1.19 bits per heavy atom. The highest BCUT2D eigenvalue weighted by atomic mass is 127. The molecule has 0 amide bonds. The predicted octanol–water partition coefficient (Wildman–Crippen LogP) is 1.69. The highest BCUT2D eigenvalue weighted by Crippen LogP contribution is 2.08. The molecule has 1 fully saturated rings. The number of halogens is 1. The van der Waals surface area contributed by atoms with Crippen molar-refractivity contribution in [1.29, 1.82) is 0 Å². The van der Waals surface area contributed by atoms with Crippen molar-refractivity contribution in [2.24, 2.45) is 4.99 Å². The molecule has 0 saturated carbocycles. The van der Waals surface area contributed by atoms with Crippen LogP contribution in [0.5, 0.6) is 0 Å². The molecule has 0 bridgehead atoms. The van der Waals surface area contributed by atoms with Crippen molar-refractivity contribution in [1.82, 2.24) is 25.3 Å². The van der Waals surface area contributed by atoms with Gasteiger partial charge >= 0.3 is 0 Å². The Morgan fingerprint density at radius 2 is 1.94 bits per heavy atom. The van der Waals surface area contributed by atoms with Crippen molar-refractivity contribution in [2.75, 3.05) is 45.9 Å². The first-order valence-electron chi connectivity index (χ1n) is 10.6. The number of benzene rings is 1. The van der Waals surface area contributed by atoms with E-state index in [1.165, 1.54) is 5.56 Å². The number of β-amino-alcohol motifs (C(OH)–C–C–N with tert-alkyl or cyclic N) is 1. The maximum atomic E-state index is 10.8. The Bertz CT molecular complexity index is 790. The van der Waals surface area contributed by atoms with E-state index in [4.69, 9.17) is 4.74 Å². The molecule has 31 heavy (non-hydrogen) atoms. The van der Waals surface area contributed by atoms with Crippen molar-refractivity contribution in [3.63, 3.8) is 0 Å². The first-order chi connectivity index (χ1) is 14.5. The number of rotatable bonds is 9. The molecule has 2 heterocycles. The van der Waals surface area contributed by atoms with Crippen molar-refractivity contribution < 1.29 is 9.84 Å². The Hall–Kier alpha value is -1.69. The van der Waals surface area contributed by atoms with Crippen molar-refractivity contribution in [2.45, 2.75) is 32.5 Å². The number of nitrogens with one attached hydrogen (secondary N) is 2. The lowest BCUT2D eigenvalue weighted by Gasteiger charge is -2.34. The van der Waals surface area contributed by atoms with E-state index < -0.39 is 5.60 Å². The summed E-state index contributed by atoms with van der Waals surface area (Å²) < 4.78 is 7.30. The normalized spacial score (nSPS) is 16.9. The zero-order valence-electron chi connectivity index (χ0n) is 18.5. The lowest BCUT2D eigenvalue weighted by molar-refractivity contribution is -0.0201. The van der Waals surface area contributed by atoms with Gasteiger partial charge in [-0.25, -0.2) is 4.99 Å². The largest absolute Gasteiger partial charge is 0.387 e. The number of aliphatic hydroxyl groups is 1. The molecule has 1 aliphatic rings. The minimum Gasteiger partial charge on any atom is -0.387 e. The fourth-order valence-electron chi connectivity index (χ4n) is 3.43. The number of morpholine rings is 1. The standard InChI is InChI=1S/C22H34N6O2.HI/c1-3-23-21(25-17-22(2,29)18-27-9-11-30-12-10-27)24-13-20-14-26-28(16-20)15-19-7-5-4-6-8-19;/h4-8,14,16,29H,3,9-13,15,17-18H2,1-2H3,(H2,23,24,25);1H. The van der Waals surface area contributed by atoms with Gasteiger partial charge in [0.2, 0.25) is 0 Å². The Morgan fingerprint density at radius 3 is 2.65 bits per heavy atom. The molecule has 8 nitrogen and oxygen atoms in total. The quantitative estimate of drug-likeness (QED) is 0.254. The summed E-state index contributed by atoms with van der Waals surface area (Å²) in [6.45, 7) is 10.1. The summed E-state index contributed by atoms with van der Waals surface area (Å²) in [6, 6.07) is 10.3. The summed E-state index contributed by atoms with van der Waals surface area (Å²) >= 11 is 0. The van der Waals surface area contributed by atoms with Crippen LogP contribution < -0.4 is 10.6 Å². The molecule has 1 saturated heterocycles. The number of hydrogen-bond donors (Lipinski definition) is 3.